The van der Waals surface area contributed by atoms with Gasteiger partial charge in [-0.05, 0) is 53.1 Å². The number of nitrogens with two attached hydrogens (primary N) is 3. The van der Waals surface area contributed by atoms with Crippen LogP contribution in [0.25, 0.3) is 0 Å². The molecule has 0 unspecified atom stereocenters. The molecule has 3 aromatic rings. The summed E-state index contributed by atoms with van der Waals surface area (Å²) >= 11 is 0. The summed E-state index contributed by atoms with van der Waals surface area (Å²) in [6, 6.07) is 15.2. The summed E-state index contributed by atoms with van der Waals surface area (Å²) in [5.74, 6) is 7.82. The molecule has 0 bridgehead atoms. The second kappa shape index (κ2) is 18.0. The molecule has 6 N–H and O–H groups in total. The van der Waals surface area contributed by atoms with E-state index in [0.29, 0.717) is 0 Å². The number of rotatable bonds is 6. The van der Waals surface area contributed by atoms with E-state index in [2.05, 4.69) is 32.2 Å². The average Bonchev–Trinajstić information content (AvgIpc) is 2.96. The number of carbonyl (C=O) groups excluding carboxylic acids is 6. The molecular weight excluding hydrogens is 661 g/mol. The summed E-state index contributed by atoms with van der Waals surface area (Å²) in [5.41, 5.74) is 0.545. The fourth-order valence-electron chi connectivity index (χ4n) is 2.43. The van der Waals surface area contributed by atoms with Crippen LogP contribution in [0.1, 0.15) is 62.1 Å². The van der Waals surface area contributed by atoms with Crippen molar-refractivity contribution in [1.29, 1.82) is 0 Å². The monoisotopic (exact) mass is 679 g/mol. The van der Waals surface area contributed by atoms with E-state index < -0.39 is 35.8 Å². The van der Waals surface area contributed by atoms with Gasteiger partial charge in [-0.1, -0.05) is 36.4 Å². The van der Waals surface area contributed by atoms with Crippen molar-refractivity contribution in [3.63, 3.8) is 0 Å². The molecule has 15 nitrogen and oxygen atoms in total. The number of carboxylic acid groups (broad SMARTS) is 3. The van der Waals surface area contributed by atoms with Crippen LogP contribution in [0.5, 0.6) is 0 Å². The SMILES string of the molecule is NOC(=O)c1ccc(C(=O)[O-])cc1.NOC(=O)c1ccc(C(=O)[O-])cc1.NOC(=O)c1ccc(C(=O)[O-])cc1.[La+3]. The summed E-state index contributed by atoms with van der Waals surface area (Å²) in [6.07, 6.45) is 0. The predicted molar refractivity (Wildman–Crippen MR) is 121 cm³/mol. The Balaban J connectivity index is 0.000000563. The van der Waals surface area contributed by atoms with Crippen LogP contribution >= 0.6 is 0 Å². The second-order valence-electron chi connectivity index (χ2n) is 6.81. The number of hydrogen-bond donors (Lipinski definition) is 3. The van der Waals surface area contributed by atoms with Gasteiger partial charge in [0.2, 0.25) is 0 Å². The van der Waals surface area contributed by atoms with E-state index in [4.69, 9.17) is 0 Å². The molecule has 0 aliphatic carbocycles. The summed E-state index contributed by atoms with van der Waals surface area (Å²) in [4.78, 5) is 75.1. The van der Waals surface area contributed by atoms with Crippen molar-refractivity contribution in [2.45, 2.75) is 0 Å². The number of carboxylic acids is 3. The third kappa shape index (κ3) is 11.5. The van der Waals surface area contributed by atoms with Crippen LogP contribution in [0.2, 0.25) is 0 Å². The van der Waals surface area contributed by atoms with Gasteiger partial charge in [-0.2, -0.15) is 17.7 Å². The molecule has 16 heteroatoms. The minimum absolute atomic E-state index is 0. The smallest absolute Gasteiger partial charge is 0.545 e. The Kier molecular flexibility index (Phi) is 16.0. The zero-order valence-electron chi connectivity index (χ0n) is 20.1. The van der Waals surface area contributed by atoms with Gasteiger partial charge in [-0.25, -0.2) is 14.4 Å². The van der Waals surface area contributed by atoms with Crippen LogP contribution in [0.3, 0.4) is 0 Å². The van der Waals surface area contributed by atoms with Crippen molar-refractivity contribution in [1.82, 2.24) is 0 Å². The summed E-state index contributed by atoms with van der Waals surface area (Å²) in [7, 11) is 0. The molecule has 40 heavy (non-hydrogen) atoms. The molecule has 0 saturated heterocycles. The van der Waals surface area contributed by atoms with Crippen LogP contribution in [0.4, 0.5) is 0 Å². The molecule has 0 saturated carbocycles. The van der Waals surface area contributed by atoms with Crippen molar-refractivity contribution in [3.8, 4) is 0 Å². The number of carbonyl (C=O) groups is 6. The zero-order chi connectivity index (χ0) is 29.5. The van der Waals surface area contributed by atoms with Gasteiger partial charge >= 0.3 is 53.5 Å². The van der Waals surface area contributed by atoms with Gasteiger partial charge in [0.25, 0.3) is 0 Å². The zero-order valence-corrected chi connectivity index (χ0v) is 23.8. The maximum absolute atomic E-state index is 10.8. The minimum atomic E-state index is -1.30. The molecule has 3 aromatic carbocycles. The average molecular weight is 679 g/mol. The van der Waals surface area contributed by atoms with Crippen LogP contribution in [-0.4, -0.2) is 35.8 Å². The van der Waals surface area contributed by atoms with Crippen molar-refractivity contribution in [2.24, 2.45) is 17.7 Å². The van der Waals surface area contributed by atoms with E-state index in [-0.39, 0.29) is 69.0 Å². The van der Waals surface area contributed by atoms with E-state index >= 15 is 0 Å². The third-order valence-corrected chi connectivity index (χ3v) is 4.39. The second-order valence-corrected chi connectivity index (χ2v) is 6.81. The summed E-state index contributed by atoms with van der Waals surface area (Å²) in [5, 5.41) is 30.9. The molecule has 0 amide bonds. The summed E-state index contributed by atoms with van der Waals surface area (Å²) in [6.45, 7) is 0. The van der Waals surface area contributed by atoms with Gasteiger partial charge < -0.3 is 44.2 Å². The first-order valence-electron chi connectivity index (χ1n) is 10.1. The van der Waals surface area contributed by atoms with Gasteiger partial charge in [0.05, 0.1) is 34.6 Å². The van der Waals surface area contributed by atoms with Crippen molar-refractivity contribution < 1.29 is 94.2 Å². The van der Waals surface area contributed by atoms with E-state index in [1.165, 1.54) is 72.8 Å². The Hall–Kier alpha value is -4.45. The molecule has 3 rings (SSSR count). The molecule has 0 radical (unpaired) electrons. The van der Waals surface area contributed by atoms with E-state index in [0.717, 1.165) is 0 Å². The van der Waals surface area contributed by atoms with E-state index in [1.54, 1.807) is 0 Å². The molecule has 0 fully saturated rings. The standard InChI is InChI=1S/3C8H7NO4.La/c3*9-13-8(12)6-3-1-5(2-4-6)7(10)11;/h3*1-4H,9H2,(H,10,11);/q;;;+3/p-3. The predicted octanol–water partition coefficient (Wildman–Crippen LogP) is -2.76. The quantitative estimate of drug-likeness (QED) is 0.223. The maximum atomic E-state index is 10.8. The molecule has 0 aliphatic heterocycles. The largest absolute Gasteiger partial charge is 3.00 e. The Morgan fingerprint density at radius 2 is 0.550 bits per heavy atom. The van der Waals surface area contributed by atoms with Crippen LogP contribution < -0.4 is 33.0 Å². The maximum Gasteiger partial charge on any atom is 3.00 e. The number of aromatic carboxylic acids is 3. The third-order valence-electron chi connectivity index (χ3n) is 4.39. The fraction of sp³-hybridized carbons (Fsp3) is 0. The van der Waals surface area contributed by atoms with Gasteiger partial charge in [0.1, 0.15) is 0 Å². The number of benzene rings is 3. The van der Waals surface area contributed by atoms with Crippen LogP contribution in [-0.2, 0) is 14.5 Å². The summed E-state index contributed by atoms with van der Waals surface area (Å²) < 4.78 is 0. The first-order chi connectivity index (χ1) is 18.4. The topological polar surface area (TPSA) is 277 Å². The fourth-order valence-corrected chi connectivity index (χ4v) is 2.43. The normalized spacial score (nSPS) is 9.07. The Morgan fingerprint density at radius 1 is 0.400 bits per heavy atom. The van der Waals surface area contributed by atoms with E-state index in [9.17, 15) is 44.1 Å². The van der Waals surface area contributed by atoms with Gasteiger partial charge in [0.15, 0.2) is 0 Å². The molecule has 204 valence electrons. The first-order valence-corrected chi connectivity index (χ1v) is 10.1. The molecule has 0 spiro atoms. The van der Waals surface area contributed by atoms with Gasteiger partial charge in [-0.3, -0.25) is 0 Å². The van der Waals surface area contributed by atoms with Gasteiger partial charge in [0, 0.05) is 0 Å². The first kappa shape index (κ1) is 35.6. The van der Waals surface area contributed by atoms with Crippen LogP contribution in [0.15, 0.2) is 72.8 Å². The van der Waals surface area contributed by atoms with Crippen molar-refractivity contribution in [2.75, 3.05) is 0 Å². The van der Waals surface area contributed by atoms with Gasteiger partial charge in [-0.15, -0.1) is 0 Å². The van der Waals surface area contributed by atoms with Crippen molar-refractivity contribution >= 4 is 35.8 Å². The Bertz CT molecular complexity index is 1160. The minimum Gasteiger partial charge on any atom is -0.545 e. The number of hydrogen-bond acceptors (Lipinski definition) is 15. The van der Waals surface area contributed by atoms with Crippen LogP contribution in [0, 0.1) is 35.6 Å². The molecule has 0 aliphatic rings. The molecule has 0 aromatic heterocycles. The Labute approximate surface area is 252 Å². The van der Waals surface area contributed by atoms with Crippen molar-refractivity contribution in [3.05, 3.63) is 106 Å². The molecular formula is C24H18LaN3O12. The Morgan fingerprint density at radius 3 is 0.675 bits per heavy atom. The van der Waals surface area contributed by atoms with E-state index in [1.807, 2.05) is 0 Å². The molecule has 0 heterocycles. The molecule has 0 atom stereocenters.